The maximum absolute atomic E-state index is 6.00. The minimum absolute atomic E-state index is 0.198. The molecule has 4 heteroatoms. The number of aromatic nitrogens is 2. The Morgan fingerprint density at radius 2 is 2.00 bits per heavy atom. The second kappa shape index (κ2) is 6.20. The minimum atomic E-state index is 0.198. The Kier molecular flexibility index (Phi) is 4.57. The molecule has 2 rings (SSSR count). The fraction of sp³-hybridized carbons (Fsp3) is 0.438. The van der Waals surface area contributed by atoms with Crippen LogP contribution in [-0.4, -0.2) is 28.3 Å². The van der Waals surface area contributed by atoms with E-state index in [1.807, 2.05) is 17.9 Å². The number of aryl methyl sites for hydroxylation is 2. The molecular weight excluding hydrogens is 248 g/mol. The molecule has 0 amide bonds. The highest BCUT2D eigenvalue weighted by atomic mass is 15.3. The van der Waals surface area contributed by atoms with Gasteiger partial charge in [0, 0.05) is 31.4 Å². The first kappa shape index (κ1) is 14.8. The predicted octanol–water partition coefficient (Wildman–Crippen LogP) is 2.17. The summed E-state index contributed by atoms with van der Waals surface area (Å²) in [7, 11) is 4.09. The molecule has 0 aliphatic heterocycles. The summed E-state index contributed by atoms with van der Waals surface area (Å²) in [6.07, 6.45) is 1.93. The fourth-order valence-corrected chi connectivity index (χ4v) is 2.55. The summed E-state index contributed by atoms with van der Waals surface area (Å²) in [5, 5.41) is 4.33. The van der Waals surface area contributed by atoms with E-state index in [2.05, 4.69) is 55.2 Å². The summed E-state index contributed by atoms with van der Waals surface area (Å²) in [5.41, 5.74) is 11.0. The molecule has 0 saturated carbocycles. The van der Waals surface area contributed by atoms with Crippen LogP contribution in [0, 0.1) is 13.8 Å². The highest BCUT2D eigenvalue weighted by Gasteiger charge is 2.20. The van der Waals surface area contributed by atoms with Crippen molar-refractivity contribution in [1.82, 2.24) is 14.7 Å². The van der Waals surface area contributed by atoms with E-state index in [0.717, 1.165) is 6.54 Å². The molecule has 1 atom stereocenters. The van der Waals surface area contributed by atoms with Crippen molar-refractivity contribution in [2.24, 2.45) is 12.8 Å². The molecule has 0 spiro atoms. The zero-order chi connectivity index (χ0) is 14.7. The Morgan fingerprint density at radius 1 is 1.30 bits per heavy atom. The third-order valence-corrected chi connectivity index (χ3v) is 4.07. The topological polar surface area (TPSA) is 47.1 Å². The summed E-state index contributed by atoms with van der Waals surface area (Å²) < 4.78 is 1.90. The van der Waals surface area contributed by atoms with Gasteiger partial charge in [0.2, 0.25) is 0 Å². The second-order valence-electron chi connectivity index (χ2n) is 5.40. The van der Waals surface area contributed by atoms with Crippen molar-refractivity contribution in [1.29, 1.82) is 0 Å². The summed E-state index contributed by atoms with van der Waals surface area (Å²) >= 11 is 0. The molecule has 1 unspecified atom stereocenters. The van der Waals surface area contributed by atoms with Crippen molar-refractivity contribution >= 4 is 0 Å². The number of hydrogen-bond acceptors (Lipinski definition) is 3. The lowest BCUT2D eigenvalue weighted by molar-refractivity contribution is 0.240. The van der Waals surface area contributed by atoms with Crippen LogP contribution in [0.2, 0.25) is 0 Å². The average molecular weight is 272 g/mol. The summed E-state index contributed by atoms with van der Waals surface area (Å²) in [4.78, 5) is 2.30. The predicted molar refractivity (Wildman–Crippen MR) is 82.4 cm³/mol. The van der Waals surface area contributed by atoms with Crippen LogP contribution in [0.25, 0.3) is 0 Å². The van der Waals surface area contributed by atoms with Crippen LogP contribution in [0.15, 0.2) is 30.5 Å². The number of nitrogens with zero attached hydrogens (tertiary/aromatic N) is 3. The van der Waals surface area contributed by atoms with Gasteiger partial charge in [-0.15, -0.1) is 0 Å². The Bertz CT molecular complexity index is 574. The monoisotopic (exact) mass is 272 g/mol. The van der Waals surface area contributed by atoms with E-state index in [-0.39, 0.29) is 6.04 Å². The van der Waals surface area contributed by atoms with Crippen LogP contribution in [0.3, 0.4) is 0 Å². The zero-order valence-electron chi connectivity index (χ0n) is 12.8. The van der Waals surface area contributed by atoms with Crippen molar-refractivity contribution in [2.45, 2.75) is 26.4 Å². The van der Waals surface area contributed by atoms with Gasteiger partial charge in [0.25, 0.3) is 0 Å². The first-order valence-electron chi connectivity index (χ1n) is 6.98. The van der Waals surface area contributed by atoms with Gasteiger partial charge in [0.1, 0.15) is 0 Å². The maximum atomic E-state index is 6.00. The molecule has 2 aromatic rings. The fourth-order valence-electron chi connectivity index (χ4n) is 2.55. The van der Waals surface area contributed by atoms with Crippen LogP contribution >= 0.6 is 0 Å². The normalized spacial score (nSPS) is 12.9. The van der Waals surface area contributed by atoms with E-state index in [0.29, 0.717) is 6.54 Å². The molecule has 2 N–H and O–H groups in total. The Hall–Kier alpha value is -1.65. The average Bonchev–Trinajstić information content (AvgIpc) is 2.75. The van der Waals surface area contributed by atoms with Gasteiger partial charge in [0.05, 0.1) is 12.2 Å². The zero-order valence-corrected chi connectivity index (χ0v) is 12.8. The first-order chi connectivity index (χ1) is 9.54. The van der Waals surface area contributed by atoms with E-state index < -0.39 is 0 Å². The molecule has 4 nitrogen and oxygen atoms in total. The number of rotatable bonds is 5. The van der Waals surface area contributed by atoms with E-state index >= 15 is 0 Å². The first-order valence-corrected chi connectivity index (χ1v) is 6.98. The molecule has 0 bridgehead atoms. The van der Waals surface area contributed by atoms with Crippen molar-refractivity contribution in [3.63, 3.8) is 0 Å². The van der Waals surface area contributed by atoms with Crippen LogP contribution in [-0.2, 0) is 13.6 Å². The molecule has 20 heavy (non-hydrogen) atoms. The van der Waals surface area contributed by atoms with Crippen molar-refractivity contribution in [2.75, 3.05) is 13.6 Å². The van der Waals surface area contributed by atoms with E-state index in [4.69, 9.17) is 5.73 Å². The molecule has 0 saturated heterocycles. The molecule has 1 heterocycles. The number of benzene rings is 1. The minimum Gasteiger partial charge on any atom is -0.329 e. The quantitative estimate of drug-likeness (QED) is 0.907. The summed E-state index contributed by atoms with van der Waals surface area (Å²) in [5.74, 6) is 0. The Labute approximate surface area is 121 Å². The number of hydrogen-bond donors (Lipinski definition) is 1. The molecule has 1 aromatic heterocycles. The van der Waals surface area contributed by atoms with E-state index in [1.165, 1.54) is 22.4 Å². The van der Waals surface area contributed by atoms with Crippen LogP contribution in [0.5, 0.6) is 0 Å². The molecule has 0 aliphatic carbocycles. The van der Waals surface area contributed by atoms with Gasteiger partial charge in [-0.2, -0.15) is 5.10 Å². The second-order valence-corrected chi connectivity index (χ2v) is 5.40. The van der Waals surface area contributed by atoms with E-state index in [1.54, 1.807) is 0 Å². The van der Waals surface area contributed by atoms with Crippen molar-refractivity contribution in [3.05, 3.63) is 52.8 Å². The molecule has 108 valence electrons. The van der Waals surface area contributed by atoms with Crippen molar-refractivity contribution < 1.29 is 0 Å². The number of nitrogens with two attached hydrogens (primary N) is 1. The van der Waals surface area contributed by atoms with Gasteiger partial charge in [-0.05, 0) is 32.0 Å². The molecule has 0 aliphatic rings. The lowest BCUT2D eigenvalue weighted by Gasteiger charge is -2.27. The van der Waals surface area contributed by atoms with Gasteiger partial charge >= 0.3 is 0 Å². The van der Waals surface area contributed by atoms with Gasteiger partial charge < -0.3 is 5.73 Å². The van der Waals surface area contributed by atoms with Gasteiger partial charge in [-0.1, -0.05) is 24.3 Å². The maximum Gasteiger partial charge on any atom is 0.0540 e. The molecule has 0 radical (unpaired) electrons. The largest absolute Gasteiger partial charge is 0.329 e. The lowest BCUT2D eigenvalue weighted by atomic mass is 10.0. The Balaban J connectivity index is 2.20. The van der Waals surface area contributed by atoms with Gasteiger partial charge in [0.15, 0.2) is 0 Å². The van der Waals surface area contributed by atoms with Gasteiger partial charge in [-0.3, -0.25) is 9.58 Å². The van der Waals surface area contributed by atoms with Crippen LogP contribution < -0.4 is 5.73 Å². The summed E-state index contributed by atoms with van der Waals surface area (Å²) in [6, 6.07) is 8.68. The molecule has 0 fully saturated rings. The van der Waals surface area contributed by atoms with Crippen LogP contribution in [0.1, 0.15) is 28.4 Å². The summed E-state index contributed by atoms with van der Waals surface area (Å²) in [6.45, 7) is 5.72. The number of likely N-dealkylation sites (N-methyl/N-ethyl adjacent to an activating group) is 1. The van der Waals surface area contributed by atoms with Crippen LogP contribution in [0.4, 0.5) is 0 Å². The lowest BCUT2D eigenvalue weighted by Crippen LogP contribution is -2.30. The smallest absolute Gasteiger partial charge is 0.0540 e. The Morgan fingerprint density at radius 3 is 2.55 bits per heavy atom. The van der Waals surface area contributed by atoms with E-state index in [9.17, 15) is 0 Å². The van der Waals surface area contributed by atoms with Crippen molar-refractivity contribution in [3.8, 4) is 0 Å². The third kappa shape index (κ3) is 2.92. The highest BCUT2D eigenvalue weighted by molar-refractivity contribution is 5.26. The van der Waals surface area contributed by atoms with Gasteiger partial charge in [-0.25, -0.2) is 0 Å². The third-order valence-electron chi connectivity index (χ3n) is 4.07. The SMILES string of the molecule is Cc1ccccc1CN(C)C(CN)c1cnn(C)c1C. The highest BCUT2D eigenvalue weighted by Crippen LogP contribution is 2.23. The standard InChI is InChI=1S/C16H24N4/c1-12-7-5-6-8-14(12)11-19(3)16(9-17)15-10-18-20(4)13(15)2/h5-8,10,16H,9,11,17H2,1-4H3. The molecule has 1 aromatic carbocycles. The molecular formula is C16H24N4.